The molecule has 2 fully saturated rings. The van der Waals surface area contributed by atoms with Crippen molar-refractivity contribution in [3.63, 3.8) is 0 Å². The van der Waals surface area contributed by atoms with E-state index in [1.54, 1.807) is 36.2 Å². The highest BCUT2D eigenvalue weighted by Gasteiger charge is 2.41. The monoisotopic (exact) mass is 397 g/mol. The average molecular weight is 398 g/mol. The van der Waals surface area contributed by atoms with Crippen LogP contribution in [-0.4, -0.2) is 67.2 Å². The van der Waals surface area contributed by atoms with Gasteiger partial charge in [-0.2, -0.15) is 4.31 Å². The number of hydrogen-bond acceptors (Lipinski definition) is 5. The van der Waals surface area contributed by atoms with Crippen LogP contribution >= 0.6 is 11.8 Å². The van der Waals surface area contributed by atoms with Crippen molar-refractivity contribution >= 4 is 33.6 Å². The van der Waals surface area contributed by atoms with Crippen molar-refractivity contribution in [2.45, 2.75) is 24.6 Å². The number of benzene rings is 1. The fourth-order valence-corrected chi connectivity index (χ4v) is 6.54. The lowest BCUT2D eigenvalue weighted by Gasteiger charge is -2.26. The Morgan fingerprint density at radius 2 is 1.85 bits per heavy atom. The fourth-order valence-electron chi connectivity index (χ4n) is 3.23. The SMILES string of the molecule is CNC(=O)c1ccc(CS(=O)(=O)N2CSCC2C(=O)N2CCCC2)cc1. The predicted molar refractivity (Wildman–Crippen MR) is 101 cm³/mol. The van der Waals surface area contributed by atoms with Gasteiger partial charge in [0.05, 0.1) is 11.6 Å². The molecule has 0 aliphatic carbocycles. The number of carbonyl (C=O) groups is 2. The Morgan fingerprint density at radius 1 is 1.19 bits per heavy atom. The molecule has 7 nitrogen and oxygen atoms in total. The smallest absolute Gasteiger partial charge is 0.251 e. The summed E-state index contributed by atoms with van der Waals surface area (Å²) in [5.74, 6) is 0.344. The average Bonchev–Trinajstić information content (AvgIpc) is 3.32. The lowest BCUT2D eigenvalue weighted by molar-refractivity contribution is -0.133. The molecule has 0 saturated carbocycles. The molecule has 1 aromatic rings. The van der Waals surface area contributed by atoms with E-state index in [2.05, 4.69) is 5.32 Å². The van der Waals surface area contributed by atoms with E-state index in [0.717, 1.165) is 25.9 Å². The molecule has 9 heteroatoms. The third-order valence-corrected chi connectivity index (χ3v) is 7.67. The van der Waals surface area contributed by atoms with Gasteiger partial charge in [-0.15, -0.1) is 11.8 Å². The van der Waals surface area contributed by atoms with Gasteiger partial charge >= 0.3 is 0 Å². The summed E-state index contributed by atoms with van der Waals surface area (Å²) in [4.78, 5) is 26.0. The van der Waals surface area contributed by atoms with Crippen LogP contribution in [0.4, 0.5) is 0 Å². The minimum atomic E-state index is -3.61. The molecule has 26 heavy (non-hydrogen) atoms. The van der Waals surface area contributed by atoms with E-state index < -0.39 is 16.1 Å². The number of nitrogens with one attached hydrogen (secondary N) is 1. The lowest BCUT2D eigenvalue weighted by Crippen LogP contribution is -2.48. The van der Waals surface area contributed by atoms with Crippen LogP contribution in [0.1, 0.15) is 28.8 Å². The predicted octanol–water partition coefficient (Wildman–Crippen LogP) is 0.873. The summed E-state index contributed by atoms with van der Waals surface area (Å²) in [6.45, 7) is 1.43. The number of thioether (sulfide) groups is 1. The molecular formula is C17H23N3O4S2. The molecule has 0 aromatic heterocycles. The second-order valence-corrected chi connectivity index (χ2v) is 9.39. The molecule has 2 amide bonds. The van der Waals surface area contributed by atoms with Gasteiger partial charge in [-0.1, -0.05) is 12.1 Å². The molecule has 0 spiro atoms. The summed E-state index contributed by atoms with van der Waals surface area (Å²) >= 11 is 1.47. The Kier molecular flexibility index (Phi) is 5.89. The molecule has 1 atom stereocenters. The normalized spacial score (nSPS) is 21.1. The van der Waals surface area contributed by atoms with Crippen molar-refractivity contribution in [2.75, 3.05) is 31.8 Å². The van der Waals surface area contributed by atoms with Gasteiger partial charge in [0.25, 0.3) is 5.91 Å². The van der Waals surface area contributed by atoms with E-state index in [4.69, 9.17) is 0 Å². The highest BCUT2D eigenvalue weighted by molar-refractivity contribution is 8.00. The topological polar surface area (TPSA) is 86.8 Å². The molecule has 2 heterocycles. The maximum absolute atomic E-state index is 12.9. The Bertz CT molecular complexity index is 774. The number of nitrogens with zero attached hydrogens (tertiary/aromatic N) is 2. The van der Waals surface area contributed by atoms with Crippen molar-refractivity contribution in [1.82, 2.24) is 14.5 Å². The van der Waals surface area contributed by atoms with Crippen molar-refractivity contribution in [2.24, 2.45) is 0 Å². The summed E-state index contributed by atoms with van der Waals surface area (Å²) in [5.41, 5.74) is 1.08. The summed E-state index contributed by atoms with van der Waals surface area (Å²) in [6, 6.07) is 5.89. The van der Waals surface area contributed by atoms with Crippen LogP contribution in [0.3, 0.4) is 0 Å². The first-order valence-electron chi connectivity index (χ1n) is 8.59. The van der Waals surface area contributed by atoms with E-state index in [0.29, 0.717) is 22.8 Å². The lowest BCUT2D eigenvalue weighted by atomic mass is 10.1. The summed E-state index contributed by atoms with van der Waals surface area (Å²) in [5, 5.41) is 2.53. The summed E-state index contributed by atoms with van der Waals surface area (Å²) in [7, 11) is -2.07. The molecule has 2 aliphatic heterocycles. The van der Waals surface area contributed by atoms with E-state index in [1.165, 1.54) is 16.1 Å². The van der Waals surface area contributed by atoms with E-state index in [1.807, 2.05) is 0 Å². The zero-order chi connectivity index (χ0) is 18.7. The quantitative estimate of drug-likeness (QED) is 0.797. The van der Waals surface area contributed by atoms with Crippen LogP contribution in [0.15, 0.2) is 24.3 Å². The third-order valence-electron chi connectivity index (χ3n) is 4.69. The molecule has 3 rings (SSSR count). The first-order chi connectivity index (χ1) is 12.4. The second-order valence-electron chi connectivity index (χ2n) is 6.47. The summed E-state index contributed by atoms with van der Waals surface area (Å²) in [6.07, 6.45) is 1.96. The second kappa shape index (κ2) is 7.98. The van der Waals surface area contributed by atoms with Crippen LogP contribution in [0, 0.1) is 0 Å². The number of hydrogen-bond donors (Lipinski definition) is 1. The molecule has 2 aliphatic rings. The van der Waals surface area contributed by atoms with Crippen LogP contribution in [0.2, 0.25) is 0 Å². The maximum atomic E-state index is 12.9. The standard InChI is InChI=1S/C17H23N3O4S2/c1-18-16(21)14-6-4-13(5-7-14)11-26(23,24)20-12-25-10-15(20)17(22)19-8-2-3-9-19/h4-7,15H,2-3,8-12H2,1H3,(H,18,21). The number of rotatable bonds is 5. The first kappa shape index (κ1) is 19.2. The molecule has 1 N–H and O–H groups in total. The van der Waals surface area contributed by atoms with E-state index in [-0.39, 0.29) is 17.6 Å². The molecule has 0 bridgehead atoms. The molecule has 2 saturated heterocycles. The molecular weight excluding hydrogens is 374 g/mol. The van der Waals surface area contributed by atoms with Gasteiger partial charge in [0.15, 0.2) is 0 Å². The van der Waals surface area contributed by atoms with Crippen LogP contribution < -0.4 is 5.32 Å². The molecule has 1 aromatic carbocycles. The van der Waals surface area contributed by atoms with E-state index in [9.17, 15) is 18.0 Å². The summed E-state index contributed by atoms with van der Waals surface area (Å²) < 4.78 is 27.1. The Morgan fingerprint density at radius 3 is 2.46 bits per heavy atom. The van der Waals surface area contributed by atoms with Crippen LogP contribution in [-0.2, 0) is 20.6 Å². The number of amides is 2. The van der Waals surface area contributed by atoms with Gasteiger partial charge in [0, 0.05) is 31.5 Å². The molecule has 1 unspecified atom stereocenters. The van der Waals surface area contributed by atoms with Crippen molar-refractivity contribution < 1.29 is 18.0 Å². The Labute approximate surface area is 158 Å². The largest absolute Gasteiger partial charge is 0.355 e. The van der Waals surface area contributed by atoms with Crippen LogP contribution in [0.5, 0.6) is 0 Å². The van der Waals surface area contributed by atoms with Gasteiger partial charge < -0.3 is 10.2 Å². The van der Waals surface area contributed by atoms with Gasteiger partial charge in [-0.25, -0.2) is 8.42 Å². The molecule has 0 radical (unpaired) electrons. The van der Waals surface area contributed by atoms with Gasteiger partial charge in [-0.05, 0) is 30.5 Å². The van der Waals surface area contributed by atoms with Crippen molar-refractivity contribution in [1.29, 1.82) is 0 Å². The maximum Gasteiger partial charge on any atom is 0.251 e. The Balaban J connectivity index is 1.72. The van der Waals surface area contributed by atoms with Gasteiger partial charge in [0.2, 0.25) is 15.9 Å². The fraction of sp³-hybridized carbons (Fsp3) is 0.529. The van der Waals surface area contributed by atoms with E-state index >= 15 is 0 Å². The third kappa shape index (κ3) is 4.05. The highest BCUT2D eigenvalue weighted by atomic mass is 32.2. The minimum absolute atomic E-state index is 0.0777. The van der Waals surface area contributed by atoms with Crippen molar-refractivity contribution in [3.8, 4) is 0 Å². The van der Waals surface area contributed by atoms with Crippen LogP contribution in [0.25, 0.3) is 0 Å². The minimum Gasteiger partial charge on any atom is -0.355 e. The highest BCUT2D eigenvalue weighted by Crippen LogP contribution is 2.28. The number of carbonyl (C=O) groups excluding carboxylic acids is 2. The Hall–Kier alpha value is -1.58. The zero-order valence-electron chi connectivity index (χ0n) is 14.7. The van der Waals surface area contributed by atoms with Crippen molar-refractivity contribution in [3.05, 3.63) is 35.4 Å². The number of likely N-dealkylation sites (tertiary alicyclic amines) is 1. The van der Waals surface area contributed by atoms with Gasteiger partial charge in [0.1, 0.15) is 6.04 Å². The molecule has 142 valence electrons. The first-order valence-corrected chi connectivity index (χ1v) is 11.4. The number of sulfonamides is 1. The zero-order valence-corrected chi connectivity index (χ0v) is 16.3. The van der Waals surface area contributed by atoms with Gasteiger partial charge in [-0.3, -0.25) is 9.59 Å².